The molecule has 0 radical (unpaired) electrons. The van der Waals surface area contributed by atoms with Crippen LogP contribution in [0.4, 0.5) is 0 Å². The fourth-order valence-electron chi connectivity index (χ4n) is 1.23. The molecule has 0 aromatic heterocycles. The van der Waals surface area contributed by atoms with E-state index in [1.165, 1.54) is 0 Å². The van der Waals surface area contributed by atoms with Crippen molar-refractivity contribution in [3.8, 4) is 0 Å². The summed E-state index contributed by atoms with van der Waals surface area (Å²) < 4.78 is 0. The van der Waals surface area contributed by atoms with Crippen molar-refractivity contribution in [1.29, 1.82) is 0 Å². The van der Waals surface area contributed by atoms with E-state index in [0.717, 1.165) is 26.1 Å². The van der Waals surface area contributed by atoms with Crippen LogP contribution in [0.2, 0.25) is 0 Å². The third kappa shape index (κ3) is 3.01. The molecule has 1 heterocycles. The van der Waals surface area contributed by atoms with E-state index in [-0.39, 0.29) is 0 Å². The summed E-state index contributed by atoms with van der Waals surface area (Å²) in [5, 5.41) is 5.24. The first-order chi connectivity index (χ1) is 5.33. The van der Waals surface area contributed by atoms with Crippen molar-refractivity contribution in [2.45, 2.75) is 19.4 Å². The van der Waals surface area contributed by atoms with Crippen molar-refractivity contribution in [2.24, 2.45) is 5.84 Å². The van der Waals surface area contributed by atoms with E-state index >= 15 is 0 Å². The minimum absolute atomic E-state index is 0.452. The van der Waals surface area contributed by atoms with Gasteiger partial charge in [0.1, 0.15) is 0 Å². The Morgan fingerprint density at radius 1 is 1.73 bits per heavy atom. The van der Waals surface area contributed by atoms with Gasteiger partial charge in [0.25, 0.3) is 0 Å². The highest BCUT2D eigenvalue weighted by molar-refractivity contribution is 4.95. The fourth-order valence-corrected chi connectivity index (χ4v) is 1.23. The van der Waals surface area contributed by atoms with Gasteiger partial charge in [0.15, 0.2) is 0 Å². The first-order valence-electron chi connectivity index (χ1n) is 4.22. The lowest BCUT2D eigenvalue weighted by Crippen LogP contribution is -2.52. The van der Waals surface area contributed by atoms with Crippen LogP contribution in [-0.4, -0.2) is 30.7 Å². The molecule has 1 fully saturated rings. The number of allylic oxidation sites excluding steroid dienone is 1. The SMILES string of the molecule is CCC=CC1CN(N)CCN1. The molecule has 3 N–H and O–H groups in total. The van der Waals surface area contributed by atoms with Crippen LogP contribution in [0.1, 0.15) is 13.3 Å². The van der Waals surface area contributed by atoms with Crippen molar-refractivity contribution >= 4 is 0 Å². The van der Waals surface area contributed by atoms with Gasteiger partial charge < -0.3 is 5.32 Å². The Labute approximate surface area is 68.2 Å². The standard InChI is InChI=1S/C8H17N3/c1-2-3-4-8-7-11(9)6-5-10-8/h3-4,8,10H,2,5-7,9H2,1H3. The van der Waals surface area contributed by atoms with Crippen LogP contribution in [0.3, 0.4) is 0 Å². The molecule has 1 saturated heterocycles. The molecule has 3 nitrogen and oxygen atoms in total. The molecule has 11 heavy (non-hydrogen) atoms. The Hall–Kier alpha value is -0.380. The molecular formula is C8H17N3. The Morgan fingerprint density at radius 3 is 3.18 bits per heavy atom. The van der Waals surface area contributed by atoms with Crippen molar-refractivity contribution < 1.29 is 0 Å². The lowest BCUT2D eigenvalue weighted by atomic mass is 10.2. The van der Waals surface area contributed by atoms with Gasteiger partial charge in [-0.3, -0.25) is 5.84 Å². The Morgan fingerprint density at radius 2 is 2.55 bits per heavy atom. The average Bonchev–Trinajstić information content (AvgIpc) is 2.01. The lowest BCUT2D eigenvalue weighted by molar-refractivity contribution is 0.223. The predicted molar refractivity (Wildman–Crippen MR) is 47.0 cm³/mol. The summed E-state index contributed by atoms with van der Waals surface area (Å²) in [6, 6.07) is 0.452. The first-order valence-corrected chi connectivity index (χ1v) is 4.22. The molecule has 0 aromatic carbocycles. The predicted octanol–water partition coefficient (Wildman–Crippen LogP) is 0.100. The highest BCUT2D eigenvalue weighted by atomic mass is 15.4. The summed E-state index contributed by atoms with van der Waals surface area (Å²) in [6.07, 6.45) is 5.47. The minimum Gasteiger partial charge on any atom is -0.308 e. The Bertz CT molecular complexity index is 133. The van der Waals surface area contributed by atoms with E-state index in [0.29, 0.717) is 6.04 Å². The summed E-state index contributed by atoms with van der Waals surface area (Å²) in [4.78, 5) is 0. The van der Waals surface area contributed by atoms with Gasteiger partial charge in [-0.2, -0.15) is 0 Å². The van der Waals surface area contributed by atoms with Gasteiger partial charge in [-0.25, -0.2) is 5.01 Å². The summed E-state index contributed by atoms with van der Waals surface area (Å²) in [7, 11) is 0. The summed E-state index contributed by atoms with van der Waals surface area (Å²) in [5.41, 5.74) is 0. The molecule has 1 atom stereocenters. The third-order valence-corrected chi connectivity index (χ3v) is 1.84. The smallest absolute Gasteiger partial charge is 0.0393 e. The summed E-state index contributed by atoms with van der Waals surface area (Å²) in [5.74, 6) is 5.66. The molecule has 0 aromatic rings. The maximum absolute atomic E-state index is 5.66. The number of rotatable bonds is 2. The molecule has 0 saturated carbocycles. The largest absolute Gasteiger partial charge is 0.308 e. The van der Waals surface area contributed by atoms with Crippen molar-refractivity contribution in [1.82, 2.24) is 10.3 Å². The Balaban J connectivity index is 2.28. The van der Waals surface area contributed by atoms with Crippen LogP contribution in [0, 0.1) is 0 Å². The molecule has 64 valence electrons. The third-order valence-electron chi connectivity index (χ3n) is 1.84. The van der Waals surface area contributed by atoms with E-state index in [2.05, 4.69) is 24.4 Å². The zero-order chi connectivity index (χ0) is 8.10. The maximum atomic E-state index is 5.66. The number of nitrogens with zero attached hydrogens (tertiary/aromatic N) is 1. The molecule has 0 aliphatic carbocycles. The van der Waals surface area contributed by atoms with Gasteiger partial charge in [0.05, 0.1) is 0 Å². The maximum Gasteiger partial charge on any atom is 0.0393 e. The topological polar surface area (TPSA) is 41.3 Å². The quantitative estimate of drug-likeness (QED) is 0.439. The highest BCUT2D eigenvalue weighted by Crippen LogP contribution is 1.95. The fraction of sp³-hybridized carbons (Fsp3) is 0.750. The average molecular weight is 155 g/mol. The van der Waals surface area contributed by atoms with E-state index in [4.69, 9.17) is 5.84 Å². The molecular weight excluding hydrogens is 138 g/mol. The van der Waals surface area contributed by atoms with Crippen LogP contribution >= 0.6 is 0 Å². The molecule has 0 amide bonds. The number of nitrogens with one attached hydrogen (secondary N) is 1. The first kappa shape index (κ1) is 8.71. The van der Waals surface area contributed by atoms with Crippen LogP contribution in [0.15, 0.2) is 12.2 Å². The van der Waals surface area contributed by atoms with E-state index in [9.17, 15) is 0 Å². The number of nitrogens with two attached hydrogens (primary N) is 1. The minimum atomic E-state index is 0.452. The molecule has 1 aliphatic heterocycles. The van der Waals surface area contributed by atoms with Gasteiger partial charge >= 0.3 is 0 Å². The van der Waals surface area contributed by atoms with E-state index in [1.807, 2.05) is 5.01 Å². The molecule has 1 aliphatic rings. The molecule has 0 spiro atoms. The van der Waals surface area contributed by atoms with Crippen LogP contribution in [-0.2, 0) is 0 Å². The molecule has 0 bridgehead atoms. The normalized spacial score (nSPS) is 28.0. The van der Waals surface area contributed by atoms with Gasteiger partial charge in [-0.1, -0.05) is 19.1 Å². The molecule has 3 heteroatoms. The Kier molecular flexibility index (Phi) is 3.56. The van der Waals surface area contributed by atoms with Gasteiger partial charge in [0, 0.05) is 25.7 Å². The second kappa shape index (κ2) is 4.49. The van der Waals surface area contributed by atoms with E-state index in [1.54, 1.807) is 0 Å². The highest BCUT2D eigenvalue weighted by Gasteiger charge is 2.12. The number of hydrazine groups is 1. The second-order valence-corrected chi connectivity index (χ2v) is 2.89. The number of piperazine rings is 1. The van der Waals surface area contributed by atoms with Crippen molar-refractivity contribution in [2.75, 3.05) is 19.6 Å². The second-order valence-electron chi connectivity index (χ2n) is 2.89. The van der Waals surface area contributed by atoms with Crippen LogP contribution in [0.5, 0.6) is 0 Å². The van der Waals surface area contributed by atoms with Crippen molar-refractivity contribution in [3.05, 3.63) is 12.2 Å². The molecule has 1 rings (SSSR count). The van der Waals surface area contributed by atoms with E-state index < -0.39 is 0 Å². The lowest BCUT2D eigenvalue weighted by Gasteiger charge is -2.28. The number of hydrogen-bond acceptors (Lipinski definition) is 3. The van der Waals surface area contributed by atoms with Gasteiger partial charge in [-0.05, 0) is 6.42 Å². The molecule has 1 unspecified atom stereocenters. The number of hydrogen-bond donors (Lipinski definition) is 2. The monoisotopic (exact) mass is 155 g/mol. The van der Waals surface area contributed by atoms with Crippen LogP contribution in [0.25, 0.3) is 0 Å². The van der Waals surface area contributed by atoms with Crippen LogP contribution < -0.4 is 11.2 Å². The van der Waals surface area contributed by atoms with Gasteiger partial charge in [-0.15, -0.1) is 0 Å². The zero-order valence-corrected chi connectivity index (χ0v) is 7.09. The zero-order valence-electron chi connectivity index (χ0n) is 7.09. The van der Waals surface area contributed by atoms with Gasteiger partial charge in [0.2, 0.25) is 0 Å². The van der Waals surface area contributed by atoms with Crippen molar-refractivity contribution in [3.63, 3.8) is 0 Å². The summed E-state index contributed by atoms with van der Waals surface area (Å²) >= 11 is 0. The summed E-state index contributed by atoms with van der Waals surface area (Å²) in [6.45, 7) is 5.02.